The van der Waals surface area contributed by atoms with Crippen LogP contribution in [0.1, 0.15) is 47.2 Å². The summed E-state index contributed by atoms with van der Waals surface area (Å²) in [6.07, 6.45) is 5.87. The minimum atomic E-state index is -0.746. The summed E-state index contributed by atoms with van der Waals surface area (Å²) in [5.41, 5.74) is 4.52. The molecule has 8 nitrogen and oxygen atoms in total. The van der Waals surface area contributed by atoms with Gasteiger partial charge in [-0.15, -0.1) is 0 Å². The smallest absolute Gasteiger partial charge is 0.251 e. The first-order valence-corrected chi connectivity index (χ1v) is 16.6. The summed E-state index contributed by atoms with van der Waals surface area (Å²) >= 11 is 6.40. The summed E-state index contributed by atoms with van der Waals surface area (Å²) in [7, 11) is 4.09. The highest BCUT2D eigenvalue weighted by Gasteiger charge is 2.36. The molecule has 1 aliphatic heterocycles. The van der Waals surface area contributed by atoms with Crippen molar-refractivity contribution in [3.63, 3.8) is 0 Å². The Bertz CT molecular complexity index is 1700. The minimum absolute atomic E-state index is 0.0192. The van der Waals surface area contributed by atoms with Gasteiger partial charge in [-0.3, -0.25) is 14.4 Å². The number of benzene rings is 3. The van der Waals surface area contributed by atoms with Crippen molar-refractivity contribution in [1.29, 1.82) is 0 Å². The van der Waals surface area contributed by atoms with E-state index < -0.39 is 6.04 Å². The van der Waals surface area contributed by atoms with Crippen molar-refractivity contribution >= 4 is 45.9 Å². The van der Waals surface area contributed by atoms with E-state index in [1.54, 1.807) is 12.1 Å². The fourth-order valence-electron chi connectivity index (χ4n) is 7.12. The first kappa shape index (κ1) is 31.8. The van der Waals surface area contributed by atoms with Crippen molar-refractivity contribution in [2.75, 3.05) is 32.1 Å². The normalized spacial score (nSPS) is 20.3. The molecule has 0 bridgehead atoms. The van der Waals surface area contributed by atoms with Gasteiger partial charge < -0.3 is 25.4 Å². The Hall–Kier alpha value is -4.14. The molecular weight excluding hydrogens is 598 g/mol. The minimum Gasteiger partial charge on any atom is -0.361 e. The van der Waals surface area contributed by atoms with Gasteiger partial charge in [-0.05, 0) is 99.6 Å². The number of amides is 3. The van der Waals surface area contributed by atoms with E-state index in [9.17, 15) is 14.4 Å². The standard InChI is InChI=1S/C37H42ClN5O3/c1-42(2)22-24-18-27-19-29(38)14-17-34(27)43(23-24)37(46)33(20-28-21-39-32-11-7-6-10-31(28)32)41-36(45)26-12-15-30(16-13-26)40-35(44)25-8-4-3-5-9-25/h3-11,14,17,19,21,24,26,30,33,39H,12-13,15-16,18,20,22-23H2,1-2H3,(H,40,44)(H,41,45)/t24-,26?,30?,33-/m1/s1. The Morgan fingerprint density at radius 1 is 0.978 bits per heavy atom. The Balaban J connectivity index is 1.20. The van der Waals surface area contributed by atoms with E-state index in [4.69, 9.17) is 11.6 Å². The number of H-pyrrole nitrogens is 1. The quantitative estimate of drug-likeness (QED) is 0.222. The number of hydrogen-bond donors (Lipinski definition) is 3. The van der Waals surface area contributed by atoms with Gasteiger partial charge in [0.05, 0.1) is 0 Å². The molecule has 3 amide bonds. The molecule has 4 aromatic rings. The van der Waals surface area contributed by atoms with Crippen LogP contribution in [0.15, 0.2) is 79.0 Å². The number of carbonyl (C=O) groups is 3. The fraction of sp³-hybridized carbons (Fsp3) is 0.378. The highest BCUT2D eigenvalue weighted by Crippen LogP contribution is 2.33. The van der Waals surface area contributed by atoms with Gasteiger partial charge in [0.1, 0.15) is 6.04 Å². The molecule has 0 radical (unpaired) electrons. The molecule has 9 heteroatoms. The van der Waals surface area contributed by atoms with Crippen LogP contribution in [0.25, 0.3) is 10.9 Å². The van der Waals surface area contributed by atoms with E-state index in [1.165, 1.54) is 0 Å². The van der Waals surface area contributed by atoms with Crippen molar-refractivity contribution in [2.45, 2.75) is 50.6 Å². The SMILES string of the molecule is CN(C)C[C@H]1Cc2cc(Cl)ccc2N(C(=O)[C@@H](Cc2c[nH]c3ccccc23)NC(=O)C2CCC(NC(=O)c3ccccc3)CC2)C1. The second-order valence-corrected chi connectivity index (χ2v) is 13.5. The maximum absolute atomic E-state index is 14.6. The number of para-hydroxylation sites is 1. The first-order chi connectivity index (χ1) is 22.2. The molecule has 1 aliphatic carbocycles. The zero-order valence-corrected chi connectivity index (χ0v) is 27.2. The molecule has 240 valence electrons. The van der Waals surface area contributed by atoms with Crippen LogP contribution in [-0.2, 0) is 22.4 Å². The Morgan fingerprint density at radius 2 is 1.72 bits per heavy atom. The molecule has 6 rings (SSSR count). The highest BCUT2D eigenvalue weighted by atomic mass is 35.5. The molecule has 2 heterocycles. The number of anilines is 1. The van der Waals surface area contributed by atoms with Gasteiger partial charge in [0.2, 0.25) is 11.8 Å². The summed E-state index contributed by atoms with van der Waals surface area (Å²) in [4.78, 5) is 48.4. The third-order valence-electron chi connectivity index (χ3n) is 9.35. The molecule has 1 aromatic heterocycles. The lowest BCUT2D eigenvalue weighted by atomic mass is 9.85. The molecule has 2 atom stereocenters. The molecule has 0 spiro atoms. The third-order valence-corrected chi connectivity index (χ3v) is 9.59. The molecule has 1 fully saturated rings. The van der Waals surface area contributed by atoms with Gasteiger partial charge in [0.15, 0.2) is 0 Å². The van der Waals surface area contributed by atoms with Gasteiger partial charge >= 0.3 is 0 Å². The third kappa shape index (κ3) is 7.29. The van der Waals surface area contributed by atoms with Crippen molar-refractivity contribution in [3.05, 3.63) is 101 Å². The second-order valence-electron chi connectivity index (χ2n) is 13.1. The average molecular weight is 640 g/mol. The number of carbonyl (C=O) groups excluding carboxylic acids is 3. The van der Waals surface area contributed by atoms with E-state index >= 15 is 0 Å². The summed E-state index contributed by atoms with van der Waals surface area (Å²) in [5.74, 6) is -0.306. The lowest BCUT2D eigenvalue weighted by Gasteiger charge is -2.38. The molecule has 46 heavy (non-hydrogen) atoms. The fourth-order valence-corrected chi connectivity index (χ4v) is 7.31. The number of aromatic amines is 1. The molecular formula is C37H42ClN5O3. The second kappa shape index (κ2) is 14.1. The largest absolute Gasteiger partial charge is 0.361 e. The number of rotatable bonds is 9. The molecule has 2 aliphatic rings. The summed E-state index contributed by atoms with van der Waals surface area (Å²) in [6, 6.07) is 22.2. The van der Waals surface area contributed by atoms with Crippen molar-refractivity contribution in [2.24, 2.45) is 11.8 Å². The van der Waals surface area contributed by atoms with Crippen LogP contribution in [0, 0.1) is 11.8 Å². The Kier molecular flexibility index (Phi) is 9.75. The summed E-state index contributed by atoms with van der Waals surface area (Å²) < 4.78 is 0. The Labute approximate surface area is 275 Å². The molecule has 1 saturated carbocycles. The first-order valence-electron chi connectivity index (χ1n) is 16.2. The molecule has 3 N–H and O–H groups in total. The van der Waals surface area contributed by atoms with Gasteiger partial charge in [-0.1, -0.05) is 48.0 Å². The van der Waals surface area contributed by atoms with Crippen LogP contribution in [0.3, 0.4) is 0 Å². The number of nitrogens with zero attached hydrogens (tertiary/aromatic N) is 2. The number of fused-ring (bicyclic) bond motifs is 2. The van der Waals surface area contributed by atoms with Crippen LogP contribution in [-0.4, -0.2) is 66.9 Å². The molecule has 0 unspecified atom stereocenters. The monoisotopic (exact) mass is 639 g/mol. The van der Waals surface area contributed by atoms with Crippen LogP contribution >= 0.6 is 11.6 Å². The number of nitrogens with one attached hydrogen (secondary N) is 3. The number of hydrogen-bond acceptors (Lipinski definition) is 4. The zero-order chi connectivity index (χ0) is 32.2. The van der Waals surface area contributed by atoms with Crippen molar-refractivity contribution in [3.8, 4) is 0 Å². The van der Waals surface area contributed by atoms with Crippen LogP contribution in [0.2, 0.25) is 5.02 Å². The highest BCUT2D eigenvalue weighted by molar-refractivity contribution is 6.30. The van der Waals surface area contributed by atoms with E-state index in [1.807, 2.05) is 85.9 Å². The van der Waals surface area contributed by atoms with Gasteiger partial charge in [-0.2, -0.15) is 0 Å². The number of aromatic nitrogens is 1. The van der Waals surface area contributed by atoms with E-state index in [0.29, 0.717) is 49.2 Å². The van der Waals surface area contributed by atoms with E-state index in [2.05, 4.69) is 20.5 Å². The molecule has 0 saturated heterocycles. The van der Waals surface area contributed by atoms with Crippen LogP contribution in [0.4, 0.5) is 5.69 Å². The topological polar surface area (TPSA) is 97.5 Å². The number of halogens is 1. The van der Waals surface area contributed by atoms with E-state index in [0.717, 1.165) is 40.7 Å². The Morgan fingerprint density at radius 3 is 2.48 bits per heavy atom. The predicted octanol–water partition coefficient (Wildman–Crippen LogP) is 5.60. The van der Waals surface area contributed by atoms with Gasteiger partial charge in [0, 0.05) is 64.8 Å². The van der Waals surface area contributed by atoms with Crippen LogP contribution < -0.4 is 15.5 Å². The lowest BCUT2D eigenvalue weighted by molar-refractivity contribution is -0.130. The van der Waals surface area contributed by atoms with Gasteiger partial charge in [0.25, 0.3) is 5.91 Å². The lowest BCUT2D eigenvalue weighted by Crippen LogP contribution is -2.54. The summed E-state index contributed by atoms with van der Waals surface area (Å²) in [5, 5.41) is 8.02. The average Bonchev–Trinajstić information content (AvgIpc) is 3.46. The maximum Gasteiger partial charge on any atom is 0.251 e. The zero-order valence-electron chi connectivity index (χ0n) is 26.5. The molecule has 3 aromatic carbocycles. The van der Waals surface area contributed by atoms with Gasteiger partial charge in [-0.25, -0.2) is 0 Å². The van der Waals surface area contributed by atoms with Crippen molar-refractivity contribution < 1.29 is 14.4 Å². The summed E-state index contributed by atoms with van der Waals surface area (Å²) in [6.45, 7) is 1.40. The van der Waals surface area contributed by atoms with E-state index in [-0.39, 0.29) is 35.6 Å². The maximum atomic E-state index is 14.6. The van der Waals surface area contributed by atoms with Crippen LogP contribution in [0.5, 0.6) is 0 Å². The van der Waals surface area contributed by atoms with Crippen molar-refractivity contribution in [1.82, 2.24) is 20.5 Å². The predicted molar refractivity (Wildman–Crippen MR) is 183 cm³/mol.